The van der Waals surface area contributed by atoms with Crippen molar-refractivity contribution in [2.75, 3.05) is 13.2 Å². The van der Waals surface area contributed by atoms with E-state index in [-0.39, 0.29) is 6.42 Å². The second-order valence-corrected chi connectivity index (χ2v) is 4.80. The van der Waals surface area contributed by atoms with Gasteiger partial charge in [-0.05, 0) is 6.08 Å². The van der Waals surface area contributed by atoms with Crippen LogP contribution in [-0.4, -0.2) is 31.2 Å². The van der Waals surface area contributed by atoms with E-state index in [9.17, 15) is 13.6 Å². The number of allylic oxidation sites excluding steroid dienone is 1. The number of hydrogen-bond acceptors (Lipinski definition) is 3. The summed E-state index contributed by atoms with van der Waals surface area (Å²) < 4.78 is 36.2. The molecule has 1 aliphatic heterocycles. The van der Waals surface area contributed by atoms with Crippen molar-refractivity contribution in [1.29, 1.82) is 0 Å². The van der Waals surface area contributed by atoms with Crippen LogP contribution >= 0.6 is 0 Å². The molecule has 0 atom stereocenters. The van der Waals surface area contributed by atoms with Crippen LogP contribution in [0.4, 0.5) is 8.78 Å². The van der Waals surface area contributed by atoms with Crippen molar-refractivity contribution < 1.29 is 23.0 Å². The smallest absolute Gasteiger partial charge is 0.267 e. The van der Waals surface area contributed by atoms with E-state index in [1.165, 1.54) is 0 Å². The highest BCUT2D eigenvalue weighted by molar-refractivity contribution is 6.01. The Labute approximate surface area is 92.4 Å². The third-order valence-electron chi connectivity index (χ3n) is 2.95. The second kappa shape index (κ2) is 3.60. The first-order chi connectivity index (χ1) is 7.36. The quantitative estimate of drug-likeness (QED) is 0.693. The fourth-order valence-electron chi connectivity index (χ4n) is 2.26. The molecule has 1 spiro atoms. The number of ketones is 1. The predicted molar refractivity (Wildman–Crippen MR) is 52.1 cm³/mol. The normalized spacial score (nSPS) is 27.6. The van der Waals surface area contributed by atoms with E-state index >= 15 is 0 Å². The Kier molecular flexibility index (Phi) is 2.62. The van der Waals surface area contributed by atoms with E-state index in [0.29, 0.717) is 13.2 Å². The maximum Gasteiger partial charge on any atom is 0.267 e. The van der Waals surface area contributed by atoms with Crippen molar-refractivity contribution in [1.82, 2.24) is 0 Å². The molecular weight excluding hydrogens is 218 g/mol. The van der Waals surface area contributed by atoms with Gasteiger partial charge in [0.05, 0.1) is 18.8 Å². The molecule has 5 heteroatoms. The Morgan fingerprint density at radius 2 is 1.88 bits per heavy atom. The van der Waals surface area contributed by atoms with Crippen LogP contribution in [-0.2, 0) is 14.3 Å². The Hall–Kier alpha value is -0.810. The molecule has 0 bridgehead atoms. The van der Waals surface area contributed by atoms with Crippen LogP contribution in [0, 0.1) is 5.41 Å². The molecule has 0 radical (unpaired) electrons. The van der Waals surface area contributed by atoms with Crippen molar-refractivity contribution in [3.8, 4) is 0 Å². The first-order valence-electron chi connectivity index (χ1n) is 5.20. The highest BCUT2D eigenvalue weighted by atomic mass is 19.3. The molecule has 0 N–H and O–H groups in total. The van der Waals surface area contributed by atoms with Crippen molar-refractivity contribution >= 4 is 5.78 Å². The first-order valence-corrected chi connectivity index (χ1v) is 5.20. The van der Waals surface area contributed by atoms with E-state index in [1.54, 1.807) is 13.8 Å². The molecule has 3 nitrogen and oxygen atoms in total. The fourth-order valence-corrected chi connectivity index (χ4v) is 2.26. The molecule has 1 heterocycles. The number of ether oxygens (including phenoxy) is 2. The Bertz CT molecular complexity index is 341. The van der Waals surface area contributed by atoms with Gasteiger partial charge in [-0.1, -0.05) is 13.8 Å². The molecule has 0 amide bonds. The molecule has 1 saturated heterocycles. The lowest BCUT2D eigenvalue weighted by Crippen LogP contribution is -2.44. The van der Waals surface area contributed by atoms with Crippen molar-refractivity contribution in [3.63, 3.8) is 0 Å². The van der Waals surface area contributed by atoms with E-state index in [4.69, 9.17) is 9.47 Å². The lowest BCUT2D eigenvalue weighted by molar-refractivity contribution is -0.158. The Morgan fingerprint density at radius 1 is 1.31 bits per heavy atom. The predicted octanol–water partition coefficient (Wildman–Crippen LogP) is 1.92. The van der Waals surface area contributed by atoms with Crippen LogP contribution in [0.5, 0.6) is 0 Å². The van der Waals surface area contributed by atoms with Crippen LogP contribution in [0.1, 0.15) is 20.3 Å². The van der Waals surface area contributed by atoms with Crippen LogP contribution in [0.15, 0.2) is 11.6 Å². The van der Waals surface area contributed by atoms with E-state index in [1.807, 2.05) is 0 Å². The van der Waals surface area contributed by atoms with Gasteiger partial charge in [0, 0.05) is 11.8 Å². The lowest BCUT2D eigenvalue weighted by atomic mass is 9.73. The third kappa shape index (κ3) is 1.78. The zero-order valence-electron chi connectivity index (χ0n) is 9.26. The summed E-state index contributed by atoms with van der Waals surface area (Å²) in [4.78, 5) is 11.8. The minimum atomic E-state index is -2.78. The maximum atomic E-state index is 12.8. The summed E-state index contributed by atoms with van der Waals surface area (Å²) in [6.07, 6.45) is -1.34. The number of hydrogen-bond donors (Lipinski definition) is 0. The molecule has 0 aromatic carbocycles. The van der Waals surface area contributed by atoms with Gasteiger partial charge in [-0.2, -0.15) is 0 Å². The summed E-state index contributed by atoms with van der Waals surface area (Å²) in [5.41, 5.74) is -1.36. The average molecular weight is 232 g/mol. The zero-order chi connectivity index (χ0) is 12.0. The summed E-state index contributed by atoms with van der Waals surface area (Å²) >= 11 is 0. The Balaban J connectivity index is 2.41. The lowest BCUT2D eigenvalue weighted by Gasteiger charge is -2.38. The number of halogens is 2. The van der Waals surface area contributed by atoms with E-state index in [2.05, 4.69) is 0 Å². The molecule has 2 aliphatic rings. The average Bonchev–Trinajstić information content (AvgIpc) is 2.59. The van der Waals surface area contributed by atoms with Crippen LogP contribution in [0.25, 0.3) is 0 Å². The van der Waals surface area contributed by atoms with Gasteiger partial charge in [0.25, 0.3) is 6.43 Å². The van der Waals surface area contributed by atoms with Gasteiger partial charge in [0.2, 0.25) is 0 Å². The zero-order valence-corrected chi connectivity index (χ0v) is 9.26. The maximum absolute atomic E-state index is 12.8. The van der Waals surface area contributed by atoms with E-state index < -0.39 is 29.0 Å². The Morgan fingerprint density at radius 3 is 2.38 bits per heavy atom. The van der Waals surface area contributed by atoms with Gasteiger partial charge in [-0.25, -0.2) is 8.78 Å². The molecule has 16 heavy (non-hydrogen) atoms. The van der Waals surface area contributed by atoms with Crippen LogP contribution in [0.3, 0.4) is 0 Å². The van der Waals surface area contributed by atoms with Crippen molar-refractivity contribution in [3.05, 3.63) is 11.6 Å². The van der Waals surface area contributed by atoms with Gasteiger partial charge >= 0.3 is 0 Å². The molecule has 2 rings (SSSR count). The van der Waals surface area contributed by atoms with Gasteiger partial charge in [0.15, 0.2) is 11.6 Å². The number of carbonyl (C=O) groups excluding carboxylic acids is 1. The first kappa shape index (κ1) is 11.7. The highest BCUT2D eigenvalue weighted by Gasteiger charge is 2.50. The summed E-state index contributed by atoms with van der Waals surface area (Å²) in [6, 6.07) is 0. The molecule has 0 aromatic heterocycles. The number of alkyl halides is 2. The molecular formula is C11H14F2O3. The summed E-state index contributed by atoms with van der Waals surface area (Å²) in [6.45, 7) is 4.02. The SMILES string of the molecule is CC1(C)CC2(C=C(C(F)F)C1=O)OCCO2. The second-order valence-electron chi connectivity index (χ2n) is 4.80. The topological polar surface area (TPSA) is 35.5 Å². The molecule has 0 unspecified atom stereocenters. The van der Waals surface area contributed by atoms with Gasteiger partial charge < -0.3 is 9.47 Å². The summed E-state index contributed by atoms with van der Waals surface area (Å²) in [7, 11) is 0. The summed E-state index contributed by atoms with van der Waals surface area (Å²) in [5, 5.41) is 0. The largest absolute Gasteiger partial charge is 0.344 e. The van der Waals surface area contributed by atoms with Crippen LogP contribution in [0.2, 0.25) is 0 Å². The molecule has 90 valence electrons. The third-order valence-corrected chi connectivity index (χ3v) is 2.95. The highest BCUT2D eigenvalue weighted by Crippen LogP contribution is 2.43. The van der Waals surface area contributed by atoms with Crippen molar-refractivity contribution in [2.45, 2.75) is 32.5 Å². The van der Waals surface area contributed by atoms with Gasteiger partial charge in [0.1, 0.15) is 0 Å². The number of Topliss-reactive ketones (excluding diaryl/α,β-unsaturated/α-hetero) is 1. The standard InChI is InChI=1S/C11H14F2O3/c1-10(2)6-11(15-3-4-16-11)5-7(8(10)14)9(12)13/h5,9H,3-4,6H2,1-2H3. The van der Waals surface area contributed by atoms with Crippen molar-refractivity contribution in [2.24, 2.45) is 5.41 Å². The van der Waals surface area contributed by atoms with E-state index in [0.717, 1.165) is 6.08 Å². The fraction of sp³-hybridized carbons (Fsp3) is 0.727. The molecule has 1 aliphatic carbocycles. The summed E-state index contributed by atoms with van der Waals surface area (Å²) in [5.74, 6) is -1.64. The number of rotatable bonds is 1. The number of carbonyl (C=O) groups is 1. The molecule has 0 saturated carbocycles. The van der Waals surface area contributed by atoms with Crippen LogP contribution < -0.4 is 0 Å². The monoisotopic (exact) mass is 232 g/mol. The molecule has 0 aromatic rings. The molecule has 1 fully saturated rings. The van der Waals surface area contributed by atoms with Gasteiger partial charge in [-0.3, -0.25) is 4.79 Å². The van der Waals surface area contributed by atoms with Gasteiger partial charge in [-0.15, -0.1) is 0 Å². The minimum Gasteiger partial charge on any atom is -0.344 e. The minimum absolute atomic E-state index is 0.287.